The second-order valence-corrected chi connectivity index (χ2v) is 6.33. The van der Waals surface area contributed by atoms with E-state index in [1.807, 2.05) is 30.3 Å². The van der Waals surface area contributed by atoms with E-state index in [2.05, 4.69) is 0 Å². The molecule has 0 spiro atoms. The van der Waals surface area contributed by atoms with Gasteiger partial charge in [-0.1, -0.05) is 42.5 Å². The molecule has 0 bridgehead atoms. The van der Waals surface area contributed by atoms with Crippen LogP contribution in [0.1, 0.15) is 15.9 Å². The van der Waals surface area contributed by atoms with Crippen LogP contribution in [0.4, 0.5) is 17.1 Å². The molecule has 0 heterocycles. The molecule has 0 atom stereocenters. The van der Waals surface area contributed by atoms with Gasteiger partial charge in [0.15, 0.2) is 5.78 Å². The maximum atomic E-state index is 12.4. The summed E-state index contributed by atoms with van der Waals surface area (Å²) in [4.78, 5) is 25.3. The van der Waals surface area contributed by atoms with Crippen LogP contribution in [0.15, 0.2) is 78.9 Å². The SMILES string of the molecule is COc1cccc(C(=O)C=Cc2ccc(N(C)c3ccccc3)c([N+](=O)[O-])c2)c1. The van der Waals surface area contributed by atoms with E-state index >= 15 is 0 Å². The van der Waals surface area contributed by atoms with Crippen LogP contribution < -0.4 is 9.64 Å². The number of nitro benzene ring substituents is 1. The van der Waals surface area contributed by atoms with Crippen LogP contribution in [0.5, 0.6) is 5.75 Å². The van der Waals surface area contributed by atoms with Crippen molar-refractivity contribution in [1.29, 1.82) is 0 Å². The number of carbonyl (C=O) groups is 1. The zero-order valence-corrected chi connectivity index (χ0v) is 16.1. The standard InChI is InChI=1S/C23H20N2O4/c1-24(19-8-4-3-5-9-19)21-13-11-17(15-22(21)25(27)28)12-14-23(26)18-7-6-10-20(16-18)29-2/h3-16H,1-2H3. The van der Waals surface area contributed by atoms with E-state index < -0.39 is 4.92 Å². The van der Waals surface area contributed by atoms with Gasteiger partial charge in [-0.25, -0.2) is 0 Å². The fourth-order valence-electron chi connectivity index (χ4n) is 2.91. The van der Waals surface area contributed by atoms with Crippen molar-refractivity contribution in [3.8, 4) is 5.75 Å². The number of methoxy groups -OCH3 is 1. The number of ketones is 1. The minimum Gasteiger partial charge on any atom is -0.497 e. The first-order valence-electron chi connectivity index (χ1n) is 8.93. The minimum absolute atomic E-state index is 0.0349. The van der Waals surface area contributed by atoms with Gasteiger partial charge in [-0.05, 0) is 42.0 Å². The molecule has 146 valence electrons. The number of benzene rings is 3. The van der Waals surface area contributed by atoms with Crippen molar-refractivity contribution in [2.45, 2.75) is 0 Å². The van der Waals surface area contributed by atoms with E-state index in [0.29, 0.717) is 22.6 Å². The normalized spacial score (nSPS) is 10.7. The van der Waals surface area contributed by atoms with Crippen LogP contribution in [-0.2, 0) is 0 Å². The number of anilines is 2. The second-order valence-electron chi connectivity index (χ2n) is 6.33. The molecule has 0 aliphatic rings. The molecule has 0 saturated carbocycles. The Kier molecular flexibility index (Phi) is 6.04. The lowest BCUT2D eigenvalue weighted by atomic mass is 10.1. The maximum Gasteiger partial charge on any atom is 0.293 e. The van der Waals surface area contributed by atoms with Gasteiger partial charge in [0, 0.05) is 24.4 Å². The smallest absolute Gasteiger partial charge is 0.293 e. The molecule has 0 amide bonds. The molecule has 3 aromatic carbocycles. The zero-order chi connectivity index (χ0) is 20.8. The Bertz CT molecular complexity index is 1060. The van der Waals surface area contributed by atoms with Crippen LogP contribution in [0.2, 0.25) is 0 Å². The predicted octanol–water partition coefficient (Wildman–Crippen LogP) is 5.27. The summed E-state index contributed by atoms with van der Waals surface area (Å²) in [5.41, 5.74) is 2.32. The van der Waals surface area contributed by atoms with Gasteiger partial charge in [0.2, 0.25) is 0 Å². The van der Waals surface area contributed by atoms with Gasteiger partial charge in [-0.3, -0.25) is 14.9 Å². The number of hydrogen-bond donors (Lipinski definition) is 0. The molecule has 6 heteroatoms. The number of carbonyl (C=O) groups excluding carboxylic acids is 1. The molecule has 0 radical (unpaired) electrons. The summed E-state index contributed by atoms with van der Waals surface area (Å²) >= 11 is 0. The van der Waals surface area contributed by atoms with Crippen molar-refractivity contribution in [2.75, 3.05) is 19.1 Å². The van der Waals surface area contributed by atoms with Crippen molar-refractivity contribution in [3.63, 3.8) is 0 Å². The molecule has 29 heavy (non-hydrogen) atoms. The van der Waals surface area contributed by atoms with E-state index in [0.717, 1.165) is 5.69 Å². The molecule has 0 aliphatic carbocycles. The average Bonchev–Trinajstić information content (AvgIpc) is 2.77. The number of nitro groups is 1. The predicted molar refractivity (Wildman–Crippen MR) is 114 cm³/mol. The molecule has 0 N–H and O–H groups in total. The summed E-state index contributed by atoms with van der Waals surface area (Å²) in [7, 11) is 3.31. The first-order chi connectivity index (χ1) is 14.0. The van der Waals surface area contributed by atoms with Gasteiger partial charge < -0.3 is 9.64 Å². The largest absolute Gasteiger partial charge is 0.497 e. The van der Waals surface area contributed by atoms with Gasteiger partial charge in [0.25, 0.3) is 5.69 Å². The molecule has 0 unspecified atom stereocenters. The van der Waals surface area contributed by atoms with E-state index in [1.54, 1.807) is 54.4 Å². The van der Waals surface area contributed by atoms with Crippen LogP contribution >= 0.6 is 0 Å². The summed E-state index contributed by atoms with van der Waals surface area (Å²) in [5.74, 6) is 0.380. The summed E-state index contributed by atoms with van der Waals surface area (Å²) in [6.07, 6.45) is 2.97. The van der Waals surface area contributed by atoms with E-state index in [1.165, 1.54) is 19.3 Å². The summed E-state index contributed by atoms with van der Waals surface area (Å²) < 4.78 is 5.13. The molecular weight excluding hydrogens is 368 g/mol. The summed E-state index contributed by atoms with van der Waals surface area (Å²) in [6.45, 7) is 0. The maximum absolute atomic E-state index is 12.4. The lowest BCUT2D eigenvalue weighted by Crippen LogP contribution is -2.11. The monoisotopic (exact) mass is 388 g/mol. The van der Waals surface area contributed by atoms with Gasteiger partial charge in [-0.15, -0.1) is 0 Å². The van der Waals surface area contributed by atoms with Crippen molar-refractivity contribution in [3.05, 3.63) is 100 Å². The van der Waals surface area contributed by atoms with Crippen LogP contribution in [0.3, 0.4) is 0 Å². The Morgan fingerprint density at radius 3 is 2.48 bits per heavy atom. The fraction of sp³-hybridized carbons (Fsp3) is 0.0870. The van der Waals surface area contributed by atoms with Crippen LogP contribution in [-0.4, -0.2) is 24.9 Å². The van der Waals surface area contributed by atoms with Crippen molar-refractivity contribution in [2.24, 2.45) is 0 Å². The van der Waals surface area contributed by atoms with Gasteiger partial charge >= 0.3 is 0 Å². The molecule has 3 rings (SSSR count). The Balaban J connectivity index is 1.87. The number of rotatable bonds is 7. The second kappa shape index (κ2) is 8.84. The third-order valence-corrected chi connectivity index (χ3v) is 4.48. The molecule has 0 fully saturated rings. The van der Waals surface area contributed by atoms with Crippen molar-refractivity contribution < 1.29 is 14.5 Å². The Hall–Kier alpha value is -3.93. The highest BCUT2D eigenvalue weighted by Crippen LogP contribution is 2.33. The number of hydrogen-bond acceptors (Lipinski definition) is 5. The highest BCUT2D eigenvalue weighted by atomic mass is 16.6. The Morgan fingerprint density at radius 1 is 1.03 bits per heavy atom. The lowest BCUT2D eigenvalue weighted by Gasteiger charge is -2.19. The molecule has 6 nitrogen and oxygen atoms in total. The van der Waals surface area contributed by atoms with Crippen LogP contribution in [0.25, 0.3) is 6.08 Å². The third kappa shape index (κ3) is 4.68. The Morgan fingerprint density at radius 2 is 1.79 bits per heavy atom. The number of ether oxygens (including phenoxy) is 1. The highest BCUT2D eigenvalue weighted by Gasteiger charge is 2.18. The number of para-hydroxylation sites is 1. The van der Waals surface area contributed by atoms with Gasteiger partial charge in [0.1, 0.15) is 11.4 Å². The first kappa shape index (κ1) is 19.8. The van der Waals surface area contributed by atoms with E-state index in [-0.39, 0.29) is 11.5 Å². The highest BCUT2D eigenvalue weighted by molar-refractivity contribution is 6.07. The first-order valence-corrected chi connectivity index (χ1v) is 8.93. The third-order valence-electron chi connectivity index (χ3n) is 4.48. The lowest BCUT2D eigenvalue weighted by molar-refractivity contribution is -0.384. The topological polar surface area (TPSA) is 72.7 Å². The van der Waals surface area contributed by atoms with Crippen LogP contribution in [0, 0.1) is 10.1 Å². The summed E-state index contributed by atoms with van der Waals surface area (Å²) in [5, 5.41) is 11.6. The molecule has 3 aromatic rings. The zero-order valence-electron chi connectivity index (χ0n) is 16.1. The van der Waals surface area contributed by atoms with Gasteiger partial charge in [-0.2, -0.15) is 0 Å². The van der Waals surface area contributed by atoms with Crippen molar-refractivity contribution in [1.82, 2.24) is 0 Å². The quantitative estimate of drug-likeness (QED) is 0.239. The molecule has 0 aromatic heterocycles. The minimum atomic E-state index is -0.421. The van der Waals surface area contributed by atoms with E-state index in [9.17, 15) is 14.9 Å². The average molecular weight is 388 g/mol. The summed E-state index contributed by atoms with van der Waals surface area (Å²) in [6, 6.07) is 21.1. The molecular formula is C23H20N2O4. The van der Waals surface area contributed by atoms with Gasteiger partial charge in [0.05, 0.1) is 12.0 Å². The fourth-order valence-corrected chi connectivity index (χ4v) is 2.91. The molecule has 0 aliphatic heterocycles. The van der Waals surface area contributed by atoms with E-state index in [4.69, 9.17) is 4.74 Å². The van der Waals surface area contributed by atoms with Crippen molar-refractivity contribution >= 4 is 28.9 Å². The molecule has 0 saturated heterocycles. The Labute approximate surface area is 168 Å². The number of allylic oxidation sites excluding steroid dienone is 1. The number of nitrogens with zero attached hydrogens (tertiary/aromatic N) is 2.